The maximum Gasteiger partial charge on any atom is 0.319 e. The van der Waals surface area contributed by atoms with E-state index >= 15 is 0 Å². The minimum Gasteiger partial charge on any atom is -0.331 e. The minimum absolute atomic E-state index is 0.253. The number of nitrogens with one attached hydrogen (secondary N) is 2. The molecule has 0 saturated heterocycles. The quantitative estimate of drug-likeness (QED) is 0.701. The van der Waals surface area contributed by atoms with Crippen LogP contribution in [0.4, 0.5) is 19.3 Å². The molecular formula is C17H15F2N5OS. The highest BCUT2D eigenvalue weighted by atomic mass is 32.1. The van der Waals surface area contributed by atoms with Gasteiger partial charge in [0, 0.05) is 23.3 Å². The Morgan fingerprint density at radius 2 is 2.08 bits per heavy atom. The molecule has 0 bridgehead atoms. The highest BCUT2D eigenvalue weighted by Gasteiger charge is 2.13. The SMILES string of the molecule is Cc1cc(NC(=O)NCc2nc(-c3ccncc3)cs2)cnc1C(F)F. The maximum absolute atomic E-state index is 12.7. The molecule has 6 nitrogen and oxygen atoms in total. The number of hydrogen-bond donors (Lipinski definition) is 2. The van der Waals surface area contributed by atoms with Gasteiger partial charge in [0.15, 0.2) is 0 Å². The van der Waals surface area contributed by atoms with E-state index in [-0.39, 0.29) is 12.2 Å². The van der Waals surface area contributed by atoms with Gasteiger partial charge >= 0.3 is 6.03 Å². The number of thiazole rings is 1. The van der Waals surface area contributed by atoms with Gasteiger partial charge in [-0.05, 0) is 30.7 Å². The van der Waals surface area contributed by atoms with Crippen LogP contribution in [-0.2, 0) is 6.54 Å². The van der Waals surface area contributed by atoms with Crippen LogP contribution in [0, 0.1) is 6.92 Å². The summed E-state index contributed by atoms with van der Waals surface area (Å²) in [5.74, 6) is 0. The van der Waals surface area contributed by atoms with Gasteiger partial charge in [0.2, 0.25) is 0 Å². The lowest BCUT2D eigenvalue weighted by molar-refractivity contribution is 0.145. The molecule has 2 N–H and O–H groups in total. The van der Waals surface area contributed by atoms with Crippen molar-refractivity contribution in [1.82, 2.24) is 20.3 Å². The molecular weight excluding hydrogens is 360 g/mol. The first-order valence-electron chi connectivity index (χ1n) is 7.67. The van der Waals surface area contributed by atoms with Crippen LogP contribution >= 0.6 is 11.3 Å². The number of hydrogen-bond acceptors (Lipinski definition) is 5. The van der Waals surface area contributed by atoms with Crippen LogP contribution < -0.4 is 10.6 Å². The van der Waals surface area contributed by atoms with Gasteiger partial charge in [0.25, 0.3) is 6.43 Å². The number of alkyl halides is 2. The first kappa shape index (κ1) is 17.9. The molecule has 3 heterocycles. The summed E-state index contributed by atoms with van der Waals surface area (Å²) in [6.45, 7) is 1.77. The zero-order chi connectivity index (χ0) is 18.5. The standard InChI is InChI=1S/C17H15F2N5OS/c1-10-6-12(7-21-15(10)16(18)19)23-17(25)22-8-14-24-13(9-26-14)11-2-4-20-5-3-11/h2-7,9,16H,8H2,1H3,(H2,22,23,25). The van der Waals surface area contributed by atoms with Crippen LogP contribution in [0.3, 0.4) is 0 Å². The molecule has 3 aromatic heterocycles. The fraction of sp³-hybridized carbons (Fsp3) is 0.176. The highest BCUT2D eigenvalue weighted by molar-refractivity contribution is 7.09. The molecule has 0 atom stereocenters. The van der Waals surface area contributed by atoms with Crippen molar-refractivity contribution in [2.75, 3.05) is 5.32 Å². The van der Waals surface area contributed by atoms with Crippen LogP contribution in [0.5, 0.6) is 0 Å². The lowest BCUT2D eigenvalue weighted by Gasteiger charge is -2.09. The van der Waals surface area contributed by atoms with Gasteiger partial charge in [-0.3, -0.25) is 9.97 Å². The van der Waals surface area contributed by atoms with Crippen LogP contribution in [0.2, 0.25) is 0 Å². The third kappa shape index (κ3) is 4.37. The van der Waals surface area contributed by atoms with Crippen molar-refractivity contribution in [3.63, 3.8) is 0 Å². The molecule has 0 aromatic carbocycles. The number of carbonyl (C=O) groups excluding carboxylic acids is 1. The number of urea groups is 1. The fourth-order valence-electron chi connectivity index (χ4n) is 2.26. The normalized spacial score (nSPS) is 10.8. The van der Waals surface area contributed by atoms with Crippen molar-refractivity contribution < 1.29 is 13.6 Å². The molecule has 0 aliphatic heterocycles. The van der Waals surface area contributed by atoms with E-state index < -0.39 is 12.5 Å². The number of pyridine rings is 2. The fourth-order valence-corrected chi connectivity index (χ4v) is 3.00. The second kappa shape index (κ2) is 7.96. The van der Waals surface area contributed by atoms with Crippen LogP contribution in [-0.4, -0.2) is 21.0 Å². The second-order valence-corrected chi connectivity index (χ2v) is 6.34. The summed E-state index contributed by atoms with van der Waals surface area (Å²) in [5, 5.41) is 7.90. The Morgan fingerprint density at radius 1 is 1.31 bits per heavy atom. The summed E-state index contributed by atoms with van der Waals surface area (Å²) in [4.78, 5) is 24.1. The molecule has 134 valence electrons. The summed E-state index contributed by atoms with van der Waals surface area (Å²) >= 11 is 1.43. The molecule has 3 aromatic rings. The van der Waals surface area contributed by atoms with Crippen LogP contribution in [0.15, 0.2) is 42.2 Å². The van der Waals surface area contributed by atoms with Gasteiger partial charge in [-0.1, -0.05) is 0 Å². The maximum atomic E-state index is 12.7. The summed E-state index contributed by atoms with van der Waals surface area (Å²) in [6, 6.07) is 4.71. The van der Waals surface area contributed by atoms with E-state index in [1.54, 1.807) is 12.4 Å². The van der Waals surface area contributed by atoms with Gasteiger partial charge in [-0.15, -0.1) is 11.3 Å². The van der Waals surface area contributed by atoms with Crippen LogP contribution in [0.25, 0.3) is 11.3 Å². The molecule has 0 aliphatic rings. The third-order valence-electron chi connectivity index (χ3n) is 3.51. The van der Waals surface area contributed by atoms with E-state index in [2.05, 4.69) is 25.6 Å². The van der Waals surface area contributed by atoms with E-state index in [9.17, 15) is 13.6 Å². The lowest BCUT2D eigenvalue weighted by atomic mass is 10.2. The van der Waals surface area contributed by atoms with Crippen molar-refractivity contribution in [1.29, 1.82) is 0 Å². The van der Waals surface area contributed by atoms with E-state index in [4.69, 9.17) is 0 Å². The summed E-state index contributed by atoms with van der Waals surface area (Å²) in [6.07, 6.45) is 1.95. The van der Waals surface area contributed by atoms with E-state index in [1.807, 2.05) is 17.5 Å². The Balaban J connectivity index is 1.56. The largest absolute Gasteiger partial charge is 0.331 e. The topological polar surface area (TPSA) is 79.8 Å². The zero-order valence-electron chi connectivity index (χ0n) is 13.7. The number of rotatable bonds is 5. The molecule has 3 rings (SSSR count). The van der Waals surface area contributed by atoms with Crippen LogP contribution in [0.1, 0.15) is 22.7 Å². The molecule has 9 heteroatoms. The summed E-state index contributed by atoms with van der Waals surface area (Å²) < 4.78 is 25.4. The number of halogens is 2. The second-order valence-electron chi connectivity index (χ2n) is 5.40. The molecule has 0 fully saturated rings. The number of anilines is 1. The molecule has 26 heavy (non-hydrogen) atoms. The van der Waals surface area contributed by atoms with Gasteiger partial charge in [-0.2, -0.15) is 0 Å². The summed E-state index contributed by atoms with van der Waals surface area (Å²) in [7, 11) is 0. The highest BCUT2D eigenvalue weighted by Crippen LogP contribution is 2.23. The Morgan fingerprint density at radius 3 is 2.77 bits per heavy atom. The Kier molecular flexibility index (Phi) is 5.47. The molecule has 0 saturated carbocycles. The van der Waals surface area contributed by atoms with Gasteiger partial charge < -0.3 is 10.6 Å². The monoisotopic (exact) mass is 375 g/mol. The zero-order valence-corrected chi connectivity index (χ0v) is 14.6. The van der Waals surface area contributed by atoms with E-state index in [0.717, 1.165) is 16.3 Å². The summed E-state index contributed by atoms with van der Waals surface area (Å²) in [5.41, 5.74) is 2.15. The molecule has 2 amide bonds. The van der Waals surface area contributed by atoms with Crippen molar-refractivity contribution in [2.45, 2.75) is 19.9 Å². The average Bonchev–Trinajstić information content (AvgIpc) is 3.09. The number of aromatic nitrogens is 3. The number of carbonyl (C=O) groups is 1. The molecule has 0 unspecified atom stereocenters. The van der Waals surface area contributed by atoms with Gasteiger partial charge in [0.1, 0.15) is 10.7 Å². The van der Waals surface area contributed by atoms with Gasteiger partial charge in [-0.25, -0.2) is 18.6 Å². The third-order valence-corrected chi connectivity index (χ3v) is 4.36. The predicted molar refractivity (Wildman–Crippen MR) is 95.1 cm³/mol. The number of nitrogens with zero attached hydrogens (tertiary/aromatic N) is 3. The van der Waals surface area contributed by atoms with Crippen molar-refractivity contribution in [2.24, 2.45) is 0 Å². The van der Waals surface area contributed by atoms with Crippen molar-refractivity contribution >= 4 is 23.1 Å². The van der Waals surface area contributed by atoms with E-state index in [1.165, 1.54) is 30.5 Å². The van der Waals surface area contributed by atoms with E-state index in [0.29, 0.717) is 11.3 Å². The predicted octanol–water partition coefficient (Wildman–Crippen LogP) is 4.17. The van der Waals surface area contributed by atoms with Crippen molar-refractivity contribution in [3.05, 3.63) is 58.4 Å². The Bertz CT molecular complexity index is 901. The minimum atomic E-state index is -2.64. The molecule has 0 aliphatic carbocycles. The first-order valence-corrected chi connectivity index (χ1v) is 8.55. The molecule has 0 radical (unpaired) electrons. The smallest absolute Gasteiger partial charge is 0.319 e. The Labute approximate surface area is 152 Å². The Hall–Kier alpha value is -2.94. The lowest BCUT2D eigenvalue weighted by Crippen LogP contribution is -2.28. The molecule has 0 spiro atoms. The number of amides is 2. The van der Waals surface area contributed by atoms with Gasteiger partial charge in [0.05, 0.1) is 24.1 Å². The first-order chi connectivity index (χ1) is 12.5. The van der Waals surface area contributed by atoms with Crippen molar-refractivity contribution in [3.8, 4) is 11.3 Å². The average molecular weight is 375 g/mol. The number of aryl methyl sites for hydroxylation is 1.